The fourth-order valence-corrected chi connectivity index (χ4v) is 4.54. The van der Waals surface area contributed by atoms with E-state index in [0.717, 1.165) is 24.5 Å². The second-order valence-corrected chi connectivity index (χ2v) is 8.45. The summed E-state index contributed by atoms with van der Waals surface area (Å²) >= 11 is 0. The van der Waals surface area contributed by atoms with E-state index in [1.807, 2.05) is 24.0 Å². The number of fused-ring (bicyclic) bond motifs is 1. The lowest BCUT2D eigenvalue weighted by atomic mass is 10.1. The SMILES string of the molecule is Cc1cccnc1OC[C@H]1CCCN1c1cc2c(cc1F)c(=O)c(C(=O)O)cn2C1CCO1. The molecule has 8 nitrogen and oxygen atoms in total. The van der Waals surface area contributed by atoms with Crippen LogP contribution in [0.15, 0.2) is 41.5 Å². The van der Waals surface area contributed by atoms with Crippen molar-refractivity contribution < 1.29 is 23.8 Å². The van der Waals surface area contributed by atoms with E-state index in [2.05, 4.69) is 4.98 Å². The number of nitrogens with zero attached hydrogens (tertiary/aromatic N) is 3. The Labute approximate surface area is 189 Å². The smallest absolute Gasteiger partial charge is 0.341 e. The van der Waals surface area contributed by atoms with Crippen LogP contribution in [0.4, 0.5) is 10.1 Å². The topological polar surface area (TPSA) is 93.9 Å². The number of ether oxygens (including phenoxy) is 2. The van der Waals surface area contributed by atoms with Gasteiger partial charge in [0.25, 0.3) is 0 Å². The first-order valence-electron chi connectivity index (χ1n) is 11.0. The summed E-state index contributed by atoms with van der Waals surface area (Å²) in [5, 5.41) is 9.48. The molecule has 9 heteroatoms. The van der Waals surface area contributed by atoms with E-state index in [-0.39, 0.29) is 17.7 Å². The van der Waals surface area contributed by atoms with E-state index in [9.17, 15) is 14.7 Å². The van der Waals surface area contributed by atoms with Crippen LogP contribution < -0.4 is 15.1 Å². The highest BCUT2D eigenvalue weighted by Gasteiger charge is 2.30. The Hall–Kier alpha value is -3.46. The van der Waals surface area contributed by atoms with Gasteiger partial charge in [-0.3, -0.25) is 4.79 Å². The predicted molar refractivity (Wildman–Crippen MR) is 120 cm³/mol. The van der Waals surface area contributed by atoms with Crippen LogP contribution in [0.25, 0.3) is 10.9 Å². The standard InChI is InChI=1S/C24H24FN3O5/c1-14-4-2-7-26-23(14)33-13-15-5-3-8-27(15)20-11-19-16(10-18(20)25)22(29)17(24(30)31)12-28(19)21-6-9-32-21/h2,4,7,10-12,15,21H,3,5-6,8-9,13H2,1H3,(H,30,31)/t15-,21?/m1/s1. The molecule has 0 aliphatic carbocycles. The molecule has 0 amide bonds. The second-order valence-electron chi connectivity index (χ2n) is 8.45. The largest absolute Gasteiger partial charge is 0.477 e. The summed E-state index contributed by atoms with van der Waals surface area (Å²) in [4.78, 5) is 30.6. The molecule has 2 aliphatic rings. The highest BCUT2D eigenvalue weighted by Crippen LogP contribution is 2.34. The van der Waals surface area contributed by atoms with Gasteiger partial charge in [0.1, 0.15) is 24.2 Å². The van der Waals surface area contributed by atoms with Crippen LogP contribution in [0.2, 0.25) is 0 Å². The molecule has 4 heterocycles. The number of carbonyl (C=O) groups is 1. The van der Waals surface area contributed by atoms with Crippen LogP contribution in [0, 0.1) is 12.7 Å². The average Bonchev–Trinajstić information content (AvgIpc) is 3.21. The monoisotopic (exact) mass is 453 g/mol. The van der Waals surface area contributed by atoms with Crippen molar-refractivity contribution in [2.75, 3.05) is 24.7 Å². The summed E-state index contributed by atoms with van der Waals surface area (Å²) in [6.45, 7) is 3.47. The molecule has 0 spiro atoms. The minimum Gasteiger partial charge on any atom is -0.477 e. The Morgan fingerprint density at radius 3 is 2.88 bits per heavy atom. The van der Waals surface area contributed by atoms with Gasteiger partial charge in [-0.05, 0) is 38.0 Å². The molecule has 0 radical (unpaired) electrons. The zero-order chi connectivity index (χ0) is 23.1. The maximum absolute atomic E-state index is 15.3. The van der Waals surface area contributed by atoms with E-state index >= 15 is 4.39 Å². The summed E-state index contributed by atoms with van der Waals surface area (Å²) < 4.78 is 28.4. The molecule has 3 aromatic rings. The highest BCUT2D eigenvalue weighted by molar-refractivity contribution is 5.93. The fraction of sp³-hybridized carbons (Fsp3) is 0.375. The number of halogens is 1. The van der Waals surface area contributed by atoms with Crippen LogP contribution >= 0.6 is 0 Å². The number of anilines is 1. The van der Waals surface area contributed by atoms with E-state index in [4.69, 9.17) is 9.47 Å². The Morgan fingerprint density at radius 1 is 1.36 bits per heavy atom. The van der Waals surface area contributed by atoms with Gasteiger partial charge in [0, 0.05) is 36.3 Å². The van der Waals surface area contributed by atoms with Crippen molar-refractivity contribution in [2.45, 2.75) is 38.5 Å². The molecule has 0 bridgehead atoms. The average molecular weight is 453 g/mol. The lowest BCUT2D eigenvalue weighted by molar-refractivity contribution is -0.0972. The van der Waals surface area contributed by atoms with Crippen LogP contribution in [0.3, 0.4) is 0 Å². The molecule has 2 aliphatic heterocycles. The summed E-state index contributed by atoms with van der Waals surface area (Å²) in [5.74, 6) is -1.36. The molecular formula is C24H24FN3O5. The van der Waals surface area contributed by atoms with Gasteiger partial charge in [-0.1, -0.05) is 6.07 Å². The first-order valence-corrected chi connectivity index (χ1v) is 11.0. The Bertz CT molecular complexity index is 1290. The number of carboxylic acid groups (broad SMARTS) is 1. The zero-order valence-electron chi connectivity index (χ0n) is 18.2. The summed E-state index contributed by atoms with van der Waals surface area (Å²) in [7, 11) is 0. The number of rotatable bonds is 6. The Balaban J connectivity index is 1.53. The molecule has 1 N–H and O–H groups in total. The third-order valence-electron chi connectivity index (χ3n) is 6.38. The van der Waals surface area contributed by atoms with Crippen molar-refractivity contribution in [2.24, 2.45) is 0 Å². The maximum atomic E-state index is 15.3. The number of aromatic nitrogens is 2. The molecule has 5 rings (SSSR count). The van der Waals surface area contributed by atoms with Crippen LogP contribution in [-0.4, -0.2) is 46.4 Å². The zero-order valence-corrected chi connectivity index (χ0v) is 18.2. The third kappa shape index (κ3) is 3.82. The molecule has 0 saturated carbocycles. The molecule has 172 valence electrons. The lowest BCUT2D eigenvalue weighted by Crippen LogP contribution is -2.35. The normalized spacial score (nSPS) is 20.1. The second kappa shape index (κ2) is 8.47. The third-order valence-corrected chi connectivity index (χ3v) is 6.38. The Morgan fingerprint density at radius 2 is 2.18 bits per heavy atom. The maximum Gasteiger partial charge on any atom is 0.341 e. The molecule has 1 aromatic carbocycles. The first kappa shape index (κ1) is 21.4. The molecule has 2 aromatic heterocycles. The molecule has 2 atom stereocenters. The number of carboxylic acids is 1. The molecule has 2 fully saturated rings. The Kier molecular flexibility index (Phi) is 5.49. The van der Waals surface area contributed by atoms with E-state index in [1.54, 1.807) is 16.8 Å². The minimum absolute atomic E-state index is 0.0303. The number of hydrogen-bond donors (Lipinski definition) is 1. The molecule has 2 saturated heterocycles. The number of pyridine rings is 2. The van der Waals surface area contributed by atoms with Crippen molar-refractivity contribution in [1.29, 1.82) is 0 Å². The van der Waals surface area contributed by atoms with Crippen LogP contribution in [-0.2, 0) is 4.74 Å². The molecule has 33 heavy (non-hydrogen) atoms. The van der Waals surface area contributed by atoms with Crippen molar-refractivity contribution in [3.8, 4) is 5.88 Å². The van der Waals surface area contributed by atoms with Crippen LogP contribution in [0.1, 0.15) is 41.4 Å². The fourth-order valence-electron chi connectivity index (χ4n) is 4.54. The van der Waals surface area contributed by atoms with Gasteiger partial charge in [-0.2, -0.15) is 0 Å². The number of hydrogen-bond acceptors (Lipinski definition) is 6. The van der Waals surface area contributed by atoms with Gasteiger partial charge >= 0.3 is 5.97 Å². The summed E-state index contributed by atoms with van der Waals surface area (Å²) in [6.07, 6.45) is 4.99. The summed E-state index contributed by atoms with van der Waals surface area (Å²) in [5.41, 5.74) is 0.645. The van der Waals surface area contributed by atoms with Gasteiger partial charge in [-0.25, -0.2) is 14.2 Å². The van der Waals surface area contributed by atoms with Gasteiger partial charge in [0.2, 0.25) is 11.3 Å². The number of aromatic carboxylic acids is 1. The van der Waals surface area contributed by atoms with E-state index in [0.29, 0.717) is 43.3 Å². The van der Waals surface area contributed by atoms with Crippen molar-refractivity contribution >= 4 is 22.6 Å². The van der Waals surface area contributed by atoms with Crippen LogP contribution in [0.5, 0.6) is 5.88 Å². The van der Waals surface area contributed by atoms with Gasteiger partial charge in [0.05, 0.1) is 23.9 Å². The van der Waals surface area contributed by atoms with Gasteiger partial charge < -0.3 is 24.0 Å². The number of aryl methyl sites for hydroxylation is 1. The van der Waals surface area contributed by atoms with E-state index < -0.39 is 22.8 Å². The van der Waals surface area contributed by atoms with Crippen molar-refractivity contribution in [3.63, 3.8) is 0 Å². The highest BCUT2D eigenvalue weighted by atomic mass is 19.1. The van der Waals surface area contributed by atoms with E-state index in [1.165, 1.54) is 6.20 Å². The molecular weight excluding hydrogens is 429 g/mol. The predicted octanol–water partition coefficient (Wildman–Crippen LogP) is 3.51. The minimum atomic E-state index is -1.35. The first-order chi connectivity index (χ1) is 15.9. The van der Waals surface area contributed by atoms with Crippen molar-refractivity contribution in [1.82, 2.24) is 9.55 Å². The van der Waals surface area contributed by atoms with Gasteiger partial charge in [-0.15, -0.1) is 0 Å². The van der Waals surface area contributed by atoms with Crippen molar-refractivity contribution in [3.05, 3.63) is 63.8 Å². The van der Waals surface area contributed by atoms with Gasteiger partial charge in [0.15, 0.2) is 0 Å². The lowest BCUT2D eigenvalue weighted by Gasteiger charge is -2.32. The number of benzene rings is 1. The molecule has 1 unspecified atom stereocenters. The summed E-state index contributed by atoms with van der Waals surface area (Å²) in [6, 6.07) is 6.48. The quantitative estimate of drug-likeness (QED) is 0.610.